The van der Waals surface area contributed by atoms with E-state index >= 15 is 0 Å². The highest BCUT2D eigenvalue weighted by Crippen LogP contribution is 2.25. The molecular formula is C18H18Cl2N6O3. The Morgan fingerprint density at radius 1 is 1.21 bits per heavy atom. The summed E-state index contributed by atoms with van der Waals surface area (Å²) in [5, 5.41) is 23.2. The van der Waals surface area contributed by atoms with E-state index in [0.717, 1.165) is 17.5 Å². The van der Waals surface area contributed by atoms with Crippen LogP contribution in [0.5, 0.6) is 0 Å². The number of hydrogen-bond donors (Lipinski definition) is 1. The minimum Gasteiger partial charge on any atom is -0.321 e. The van der Waals surface area contributed by atoms with E-state index in [0.29, 0.717) is 33.7 Å². The molecule has 3 aromatic rings. The number of nitrogens with one attached hydrogen (secondary N) is 1. The van der Waals surface area contributed by atoms with E-state index < -0.39 is 4.92 Å². The first-order valence-electron chi connectivity index (χ1n) is 8.62. The lowest BCUT2D eigenvalue weighted by Crippen LogP contribution is -2.21. The van der Waals surface area contributed by atoms with E-state index in [2.05, 4.69) is 15.5 Å². The van der Waals surface area contributed by atoms with E-state index in [-0.39, 0.29) is 18.1 Å². The number of rotatable bonds is 6. The van der Waals surface area contributed by atoms with Crippen LogP contribution < -0.4 is 5.32 Å². The van der Waals surface area contributed by atoms with Crippen LogP contribution in [0.15, 0.2) is 24.4 Å². The van der Waals surface area contributed by atoms with Crippen LogP contribution in [-0.4, -0.2) is 30.4 Å². The summed E-state index contributed by atoms with van der Waals surface area (Å²) in [6.07, 6.45) is 1.13. The zero-order valence-electron chi connectivity index (χ0n) is 15.9. The monoisotopic (exact) mass is 436 g/mol. The predicted molar refractivity (Wildman–Crippen MR) is 110 cm³/mol. The van der Waals surface area contributed by atoms with Crippen molar-refractivity contribution in [3.8, 4) is 0 Å². The predicted octanol–water partition coefficient (Wildman–Crippen LogP) is 3.91. The van der Waals surface area contributed by atoms with Crippen LogP contribution >= 0.6 is 23.2 Å². The van der Waals surface area contributed by atoms with Gasteiger partial charge >= 0.3 is 5.69 Å². The number of carbonyl (C=O) groups excluding carboxylic acids is 1. The van der Waals surface area contributed by atoms with E-state index in [1.165, 1.54) is 4.68 Å². The van der Waals surface area contributed by atoms with Gasteiger partial charge in [0.1, 0.15) is 18.4 Å². The topological polar surface area (TPSA) is 108 Å². The molecule has 152 valence electrons. The average Bonchev–Trinajstić information content (AvgIpc) is 3.12. The van der Waals surface area contributed by atoms with Crippen molar-refractivity contribution >= 4 is 40.5 Å². The van der Waals surface area contributed by atoms with E-state index in [1.807, 2.05) is 13.0 Å². The lowest BCUT2D eigenvalue weighted by Gasteiger charge is -2.09. The number of nitrogens with zero attached hydrogens (tertiary/aromatic N) is 5. The number of aryl methyl sites for hydroxylation is 1. The largest absolute Gasteiger partial charge is 0.321 e. The highest BCUT2D eigenvalue weighted by Gasteiger charge is 2.20. The van der Waals surface area contributed by atoms with Gasteiger partial charge in [0.15, 0.2) is 0 Å². The number of aromatic nitrogens is 4. The molecule has 29 heavy (non-hydrogen) atoms. The molecule has 2 heterocycles. The van der Waals surface area contributed by atoms with Crippen molar-refractivity contribution in [2.45, 2.75) is 33.9 Å². The molecule has 0 unspecified atom stereocenters. The maximum absolute atomic E-state index is 12.5. The number of hydrogen-bond acceptors (Lipinski definition) is 5. The van der Waals surface area contributed by atoms with Crippen LogP contribution in [0.4, 0.5) is 11.4 Å². The van der Waals surface area contributed by atoms with E-state index in [4.69, 9.17) is 23.2 Å². The third-order valence-electron chi connectivity index (χ3n) is 4.55. The highest BCUT2D eigenvalue weighted by atomic mass is 35.5. The summed E-state index contributed by atoms with van der Waals surface area (Å²) in [6.45, 7) is 5.44. The summed E-state index contributed by atoms with van der Waals surface area (Å²) in [5.41, 5.74) is 3.01. The van der Waals surface area contributed by atoms with Gasteiger partial charge in [-0.3, -0.25) is 24.3 Å². The number of anilines is 1. The molecule has 3 rings (SSSR count). The fraction of sp³-hybridized carbons (Fsp3) is 0.278. The highest BCUT2D eigenvalue weighted by molar-refractivity contribution is 6.35. The molecule has 0 aliphatic heterocycles. The quantitative estimate of drug-likeness (QED) is 0.465. The number of benzene rings is 1. The molecule has 0 atom stereocenters. The summed E-state index contributed by atoms with van der Waals surface area (Å²) < 4.78 is 3.03. The second-order valence-corrected chi connectivity index (χ2v) is 7.36. The van der Waals surface area contributed by atoms with Crippen molar-refractivity contribution in [2.24, 2.45) is 0 Å². The van der Waals surface area contributed by atoms with Crippen LogP contribution in [-0.2, 0) is 17.9 Å². The van der Waals surface area contributed by atoms with Gasteiger partial charge in [-0.25, -0.2) is 0 Å². The zero-order valence-corrected chi connectivity index (χ0v) is 17.5. The van der Waals surface area contributed by atoms with Gasteiger partial charge in [0.2, 0.25) is 5.91 Å². The van der Waals surface area contributed by atoms with Crippen molar-refractivity contribution in [1.29, 1.82) is 0 Å². The molecule has 2 aromatic heterocycles. The van der Waals surface area contributed by atoms with Gasteiger partial charge in [0.25, 0.3) is 0 Å². The van der Waals surface area contributed by atoms with Gasteiger partial charge in [0.05, 0.1) is 28.5 Å². The Morgan fingerprint density at radius 2 is 1.93 bits per heavy atom. The first-order valence-corrected chi connectivity index (χ1v) is 9.37. The second kappa shape index (κ2) is 8.22. The maximum Gasteiger partial charge on any atom is 0.309 e. The van der Waals surface area contributed by atoms with Gasteiger partial charge < -0.3 is 5.32 Å². The Balaban J connectivity index is 1.76. The zero-order chi connectivity index (χ0) is 21.3. The van der Waals surface area contributed by atoms with Crippen molar-refractivity contribution in [3.63, 3.8) is 0 Å². The Bertz CT molecular complexity index is 1110. The number of amides is 1. The summed E-state index contributed by atoms with van der Waals surface area (Å²) in [5.74, 6) is -0.360. The maximum atomic E-state index is 12.5. The van der Waals surface area contributed by atoms with Gasteiger partial charge in [-0.2, -0.15) is 10.2 Å². The van der Waals surface area contributed by atoms with Crippen molar-refractivity contribution in [1.82, 2.24) is 19.6 Å². The Morgan fingerprint density at radius 3 is 2.55 bits per heavy atom. The van der Waals surface area contributed by atoms with Crippen molar-refractivity contribution in [2.75, 3.05) is 5.32 Å². The molecule has 0 spiro atoms. The van der Waals surface area contributed by atoms with Gasteiger partial charge in [-0.05, 0) is 38.5 Å². The Hall–Kier alpha value is -2.91. The van der Waals surface area contributed by atoms with Crippen LogP contribution in [0.3, 0.4) is 0 Å². The third-order valence-corrected chi connectivity index (χ3v) is 5.14. The molecule has 9 nitrogen and oxygen atoms in total. The summed E-state index contributed by atoms with van der Waals surface area (Å²) in [6, 6.07) is 5.24. The molecule has 0 fully saturated rings. The summed E-state index contributed by atoms with van der Waals surface area (Å²) in [4.78, 5) is 22.9. The molecular weight excluding hydrogens is 419 g/mol. The average molecular weight is 437 g/mol. The first-order chi connectivity index (χ1) is 13.7. The van der Waals surface area contributed by atoms with Crippen LogP contribution in [0.2, 0.25) is 10.0 Å². The number of nitro groups is 1. The standard InChI is InChI=1S/C18H18Cl2N6O3/c1-10-18(22-17(27)9-24-11(2)16(7-21-24)26(28)29)12(3)25(23-10)8-13-4-5-14(19)6-15(13)20/h4-7H,8-9H2,1-3H3,(H,22,27). The van der Waals surface area contributed by atoms with Crippen molar-refractivity contribution < 1.29 is 9.72 Å². The minimum absolute atomic E-state index is 0.127. The third kappa shape index (κ3) is 4.41. The van der Waals surface area contributed by atoms with Crippen LogP contribution in [0.1, 0.15) is 22.6 Å². The Labute approximate surface area is 176 Å². The number of carbonyl (C=O) groups is 1. The van der Waals surface area contributed by atoms with Gasteiger partial charge in [-0.15, -0.1) is 0 Å². The lowest BCUT2D eigenvalue weighted by atomic mass is 10.2. The fourth-order valence-electron chi connectivity index (χ4n) is 2.93. The van der Waals surface area contributed by atoms with E-state index in [1.54, 1.807) is 30.7 Å². The Kier molecular flexibility index (Phi) is 5.90. The van der Waals surface area contributed by atoms with Crippen LogP contribution in [0, 0.1) is 30.9 Å². The fourth-order valence-corrected chi connectivity index (χ4v) is 3.40. The van der Waals surface area contributed by atoms with Crippen molar-refractivity contribution in [3.05, 3.63) is 67.2 Å². The molecule has 0 radical (unpaired) electrons. The lowest BCUT2D eigenvalue weighted by molar-refractivity contribution is -0.385. The number of halogens is 2. The smallest absolute Gasteiger partial charge is 0.309 e. The molecule has 1 N–H and O–H groups in total. The molecule has 0 saturated heterocycles. The minimum atomic E-state index is -0.531. The molecule has 11 heteroatoms. The normalized spacial score (nSPS) is 10.9. The molecule has 1 aromatic carbocycles. The first kappa shape index (κ1) is 20.8. The van der Waals surface area contributed by atoms with E-state index in [9.17, 15) is 14.9 Å². The molecule has 0 saturated carbocycles. The van der Waals surface area contributed by atoms with Gasteiger partial charge in [-0.1, -0.05) is 29.3 Å². The molecule has 0 aliphatic carbocycles. The summed E-state index contributed by atoms with van der Waals surface area (Å²) in [7, 11) is 0. The second-order valence-electron chi connectivity index (χ2n) is 6.52. The summed E-state index contributed by atoms with van der Waals surface area (Å²) >= 11 is 12.2. The molecule has 1 amide bonds. The molecule has 0 aliphatic rings. The molecule has 0 bridgehead atoms. The van der Waals surface area contributed by atoms with Crippen LogP contribution in [0.25, 0.3) is 0 Å². The SMILES string of the molecule is Cc1nn(Cc2ccc(Cl)cc2Cl)c(C)c1NC(=O)Cn1ncc([N+](=O)[O-])c1C. The van der Waals surface area contributed by atoms with Gasteiger partial charge in [0, 0.05) is 10.0 Å².